The first kappa shape index (κ1) is 8.10. The molecule has 0 saturated carbocycles. The van der Waals surface area contributed by atoms with E-state index in [1.165, 1.54) is 10.0 Å². The van der Waals surface area contributed by atoms with E-state index in [4.69, 9.17) is 0 Å². The van der Waals surface area contributed by atoms with E-state index in [1.807, 2.05) is 0 Å². The van der Waals surface area contributed by atoms with Crippen LogP contribution in [-0.4, -0.2) is 0 Å². The van der Waals surface area contributed by atoms with E-state index in [0.29, 0.717) is 0 Å². The number of hydrogen-bond acceptors (Lipinski definition) is 0. The molecule has 1 aliphatic carbocycles. The molecule has 1 heteroatoms. The van der Waals surface area contributed by atoms with Crippen LogP contribution in [-0.2, 0) is 16.0 Å². The first-order valence-electron chi connectivity index (χ1n) is 3.56. The summed E-state index contributed by atoms with van der Waals surface area (Å²) in [6.07, 6.45) is 5.43. The molecular formula is C9H13Fe. The standard InChI is InChI=1S/C9H13.Fe/c1-9(2,3)8-6-4-5-7-8;/h4,6H,5H2,1-3H3;. The molecule has 1 rings (SSSR count). The van der Waals surface area contributed by atoms with Crippen molar-refractivity contribution in [3.8, 4) is 0 Å². The first-order chi connectivity index (χ1) is 4.52. The van der Waals surface area contributed by atoms with E-state index < -0.39 is 0 Å². The van der Waals surface area contributed by atoms with Gasteiger partial charge < -0.3 is 0 Å². The Morgan fingerprint density at radius 2 is 2.00 bits per heavy atom. The Balaban J connectivity index is 2.91. The average molecular weight is 177 g/mol. The van der Waals surface area contributed by atoms with Gasteiger partial charge in [0.2, 0.25) is 0 Å². The van der Waals surface area contributed by atoms with Crippen molar-refractivity contribution in [3.05, 3.63) is 22.2 Å². The van der Waals surface area contributed by atoms with Crippen LogP contribution in [0.3, 0.4) is 0 Å². The molecule has 10 heavy (non-hydrogen) atoms. The summed E-state index contributed by atoms with van der Waals surface area (Å²) >= 11 is 4.00. The Bertz CT molecular complexity index is 191. The minimum atomic E-state index is 0.282. The Morgan fingerprint density at radius 1 is 1.40 bits per heavy atom. The van der Waals surface area contributed by atoms with Gasteiger partial charge >= 0.3 is 70.8 Å². The van der Waals surface area contributed by atoms with Crippen LogP contribution in [0.5, 0.6) is 0 Å². The topological polar surface area (TPSA) is 0 Å². The predicted octanol–water partition coefficient (Wildman–Crippen LogP) is 2.79. The zero-order valence-corrected chi connectivity index (χ0v) is 7.82. The van der Waals surface area contributed by atoms with Crippen LogP contribution in [0, 0.1) is 5.41 Å². The molecule has 0 aliphatic heterocycles. The van der Waals surface area contributed by atoms with Gasteiger partial charge in [0.25, 0.3) is 0 Å². The van der Waals surface area contributed by atoms with Gasteiger partial charge in [-0.15, -0.1) is 0 Å². The van der Waals surface area contributed by atoms with Gasteiger partial charge in [-0.05, 0) is 0 Å². The third-order valence-electron chi connectivity index (χ3n) is 1.67. The summed E-state index contributed by atoms with van der Waals surface area (Å²) in [7, 11) is 0. The van der Waals surface area contributed by atoms with Crippen LogP contribution < -0.4 is 0 Å². The predicted molar refractivity (Wildman–Crippen MR) is 40.2 cm³/mol. The van der Waals surface area contributed by atoms with Crippen LogP contribution in [0.2, 0.25) is 0 Å². The average Bonchev–Trinajstić information content (AvgIpc) is 2.11. The van der Waals surface area contributed by atoms with Crippen LogP contribution in [0.4, 0.5) is 0 Å². The van der Waals surface area contributed by atoms with Crippen molar-refractivity contribution in [1.29, 1.82) is 0 Å². The van der Waals surface area contributed by atoms with Gasteiger partial charge in [0.05, 0.1) is 0 Å². The molecule has 0 saturated heterocycles. The molecule has 0 aromatic carbocycles. The van der Waals surface area contributed by atoms with Crippen molar-refractivity contribution in [2.75, 3.05) is 0 Å². The minimum absolute atomic E-state index is 0.282. The monoisotopic (exact) mass is 177 g/mol. The van der Waals surface area contributed by atoms with Gasteiger partial charge in [-0.2, -0.15) is 0 Å². The van der Waals surface area contributed by atoms with E-state index in [-0.39, 0.29) is 5.41 Å². The Hall–Kier alpha value is -0.000519. The van der Waals surface area contributed by atoms with Gasteiger partial charge in [-0.1, -0.05) is 0 Å². The summed E-state index contributed by atoms with van der Waals surface area (Å²) in [6.45, 7) is 6.68. The summed E-state index contributed by atoms with van der Waals surface area (Å²) in [5, 5.41) is 0. The van der Waals surface area contributed by atoms with Crippen LogP contribution in [0.25, 0.3) is 0 Å². The molecule has 0 N–H and O–H groups in total. The number of rotatable bonds is 0. The van der Waals surface area contributed by atoms with E-state index >= 15 is 0 Å². The van der Waals surface area contributed by atoms with Crippen LogP contribution >= 0.6 is 0 Å². The second kappa shape index (κ2) is 2.56. The molecule has 0 unspecified atom stereocenters. The molecule has 0 atom stereocenters. The normalized spacial score (nSPS) is 18.8. The first-order valence-corrected chi connectivity index (χ1v) is 4.11. The van der Waals surface area contributed by atoms with Gasteiger partial charge in [0.1, 0.15) is 0 Å². The second-order valence-corrected chi connectivity index (χ2v) is 4.33. The van der Waals surface area contributed by atoms with Crippen molar-refractivity contribution >= 4 is 0 Å². The SMILES string of the molecule is CC(C)(C)C1=[C]([Fe])CC=C1. The fourth-order valence-electron chi connectivity index (χ4n) is 1.12. The molecule has 0 bridgehead atoms. The Kier molecular flexibility index (Phi) is 2.07. The van der Waals surface area contributed by atoms with Crippen molar-refractivity contribution in [3.63, 3.8) is 0 Å². The summed E-state index contributed by atoms with van der Waals surface area (Å²) < 4.78 is 1.28. The molecule has 0 amide bonds. The molecule has 0 aromatic heterocycles. The summed E-state index contributed by atoms with van der Waals surface area (Å²) in [4.78, 5) is 0. The summed E-state index contributed by atoms with van der Waals surface area (Å²) in [5.74, 6) is 0. The maximum atomic E-state index is 4.00. The quantitative estimate of drug-likeness (QED) is 0.499. The van der Waals surface area contributed by atoms with Gasteiger partial charge in [-0.3, -0.25) is 0 Å². The van der Waals surface area contributed by atoms with Crippen molar-refractivity contribution in [2.24, 2.45) is 5.41 Å². The van der Waals surface area contributed by atoms with E-state index in [0.717, 1.165) is 6.42 Å². The van der Waals surface area contributed by atoms with Gasteiger partial charge in [-0.25, -0.2) is 0 Å². The van der Waals surface area contributed by atoms with Gasteiger partial charge in [0, 0.05) is 0 Å². The van der Waals surface area contributed by atoms with Crippen molar-refractivity contribution in [2.45, 2.75) is 27.2 Å². The second-order valence-electron chi connectivity index (χ2n) is 3.66. The van der Waals surface area contributed by atoms with E-state index in [9.17, 15) is 0 Å². The molecule has 1 aliphatic rings. The van der Waals surface area contributed by atoms with Crippen LogP contribution in [0.15, 0.2) is 22.2 Å². The van der Waals surface area contributed by atoms with Crippen LogP contribution in [0.1, 0.15) is 27.2 Å². The number of allylic oxidation sites excluding steroid dienone is 4. The molecule has 0 aromatic rings. The molecule has 0 nitrogen and oxygen atoms in total. The molecule has 57 valence electrons. The molecule has 0 spiro atoms. The third-order valence-corrected chi connectivity index (χ3v) is 2.19. The molecule has 0 fully saturated rings. The Labute approximate surface area is 71.2 Å². The molecule has 0 heterocycles. The van der Waals surface area contributed by atoms with E-state index in [1.54, 1.807) is 0 Å². The Morgan fingerprint density at radius 3 is 2.20 bits per heavy atom. The molecule has 0 radical (unpaired) electrons. The summed E-state index contributed by atoms with van der Waals surface area (Å²) in [6, 6.07) is 0. The summed E-state index contributed by atoms with van der Waals surface area (Å²) in [5.41, 5.74) is 1.69. The zero-order chi connectivity index (χ0) is 7.78. The molecular weight excluding hydrogens is 164 g/mol. The van der Waals surface area contributed by atoms with Crippen molar-refractivity contribution < 1.29 is 16.0 Å². The van der Waals surface area contributed by atoms with Crippen molar-refractivity contribution in [1.82, 2.24) is 0 Å². The van der Waals surface area contributed by atoms with Gasteiger partial charge in [0.15, 0.2) is 0 Å². The fourth-order valence-corrected chi connectivity index (χ4v) is 1.76. The number of hydrogen-bond donors (Lipinski definition) is 0. The van der Waals surface area contributed by atoms with E-state index in [2.05, 4.69) is 48.9 Å². The fraction of sp³-hybridized carbons (Fsp3) is 0.556. The third kappa shape index (κ3) is 1.53. The zero-order valence-electron chi connectivity index (χ0n) is 6.72. The maximum absolute atomic E-state index is 4.00.